The molecule has 2 rings (SSSR count). The fourth-order valence-corrected chi connectivity index (χ4v) is 3.40. The number of nitrogens with one attached hydrogen (secondary N) is 1. The van der Waals surface area contributed by atoms with E-state index >= 15 is 0 Å². The molecule has 1 aliphatic heterocycles. The molecule has 0 fully saturated rings. The summed E-state index contributed by atoms with van der Waals surface area (Å²) in [6, 6.07) is 9.14. The number of amides is 2. The number of carbonyl (C=O) groups excluding carboxylic acids is 1. The van der Waals surface area contributed by atoms with Crippen LogP contribution in [0.5, 0.6) is 0 Å². The van der Waals surface area contributed by atoms with Gasteiger partial charge in [0.2, 0.25) is 0 Å². The molecule has 0 saturated heterocycles. The van der Waals surface area contributed by atoms with Gasteiger partial charge in [-0.15, -0.1) is 0 Å². The molecule has 4 heteroatoms. The van der Waals surface area contributed by atoms with Crippen molar-refractivity contribution in [3.63, 3.8) is 0 Å². The predicted octanol–water partition coefficient (Wildman–Crippen LogP) is 3.12. The molecule has 0 spiro atoms. The van der Waals surface area contributed by atoms with Gasteiger partial charge in [-0.3, -0.25) is 4.90 Å². The summed E-state index contributed by atoms with van der Waals surface area (Å²) in [7, 11) is 0. The van der Waals surface area contributed by atoms with Crippen molar-refractivity contribution in [2.75, 3.05) is 26.2 Å². The summed E-state index contributed by atoms with van der Waals surface area (Å²) in [5.74, 6) is 0.511. The van der Waals surface area contributed by atoms with Crippen molar-refractivity contribution in [2.24, 2.45) is 5.92 Å². The van der Waals surface area contributed by atoms with E-state index in [1.807, 2.05) is 18.7 Å². The summed E-state index contributed by atoms with van der Waals surface area (Å²) in [4.78, 5) is 16.6. The molecule has 0 saturated carbocycles. The maximum absolute atomic E-state index is 12.2. The highest BCUT2D eigenvalue weighted by Crippen LogP contribution is 2.22. The molecule has 1 aromatic carbocycles. The first kappa shape index (κ1) is 17.8. The fraction of sp³-hybridized carbons (Fsp3) is 0.632. The second-order valence-electron chi connectivity index (χ2n) is 6.66. The van der Waals surface area contributed by atoms with Crippen LogP contribution in [0.15, 0.2) is 24.3 Å². The summed E-state index contributed by atoms with van der Waals surface area (Å²) in [5.41, 5.74) is 2.90. The van der Waals surface area contributed by atoms with Gasteiger partial charge in [0.1, 0.15) is 0 Å². The third-order valence-corrected chi connectivity index (χ3v) is 4.91. The van der Waals surface area contributed by atoms with Gasteiger partial charge in [-0.25, -0.2) is 4.79 Å². The van der Waals surface area contributed by atoms with Crippen LogP contribution >= 0.6 is 0 Å². The largest absolute Gasteiger partial charge is 0.336 e. The van der Waals surface area contributed by atoms with Crippen LogP contribution in [-0.2, 0) is 13.0 Å². The highest BCUT2D eigenvalue weighted by atomic mass is 16.2. The predicted molar refractivity (Wildman–Crippen MR) is 95.5 cm³/mol. The lowest BCUT2D eigenvalue weighted by atomic mass is 9.95. The minimum absolute atomic E-state index is 0.0538. The minimum Gasteiger partial charge on any atom is -0.336 e. The molecule has 1 atom stereocenters. The van der Waals surface area contributed by atoms with Crippen LogP contribution in [-0.4, -0.2) is 48.1 Å². The van der Waals surface area contributed by atoms with Crippen LogP contribution in [0.25, 0.3) is 0 Å². The first-order chi connectivity index (χ1) is 11.1. The first-order valence-corrected chi connectivity index (χ1v) is 8.90. The molecule has 0 aliphatic carbocycles. The van der Waals surface area contributed by atoms with Crippen molar-refractivity contribution in [1.82, 2.24) is 15.1 Å². The third kappa shape index (κ3) is 4.47. The van der Waals surface area contributed by atoms with E-state index < -0.39 is 0 Å². The van der Waals surface area contributed by atoms with Crippen molar-refractivity contribution in [2.45, 2.75) is 46.7 Å². The molecule has 1 heterocycles. The second kappa shape index (κ2) is 8.34. The Morgan fingerprint density at radius 3 is 2.48 bits per heavy atom. The molecule has 1 N–H and O–H groups in total. The quantitative estimate of drug-likeness (QED) is 0.875. The van der Waals surface area contributed by atoms with Gasteiger partial charge in [-0.1, -0.05) is 38.1 Å². The van der Waals surface area contributed by atoms with E-state index in [0.717, 1.165) is 39.1 Å². The molecular formula is C19H31N3O. The molecule has 2 amide bonds. The lowest BCUT2D eigenvalue weighted by Gasteiger charge is -2.38. The first-order valence-electron chi connectivity index (χ1n) is 8.90. The Labute approximate surface area is 140 Å². The summed E-state index contributed by atoms with van der Waals surface area (Å²) in [6.07, 6.45) is 1.10. The van der Waals surface area contributed by atoms with Gasteiger partial charge in [0.25, 0.3) is 0 Å². The number of fused-ring (bicyclic) bond motifs is 1. The van der Waals surface area contributed by atoms with Crippen molar-refractivity contribution in [3.8, 4) is 0 Å². The molecule has 128 valence electrons. The summed E-state index contributed by atoms with van der Waals surface area (Å²) in [5, 5.41) is 3.13. The Morgan fingerprint density at radius 2 is 1.87 bits per heavy atom. The maximum atomic E-state index is 12.2. The highest BCUT2D eigenvalue weighted by Gasteiger charge is 2.26. The highest BCUT2D eigenvalue weighted by molar-refractivity contribution is 5.74. The van der Waals surface area contributed by atoms with Crippen molar-refractivity contribution < 1.29 is 4.79 Å². The number of hydrogen-bond acceptors (Lipinski definition) is 2. The van der Waals surface area contributed by atoms with Crippen molar-refractivity contribution in [3.05, 3.63) is 35.4 Å². The Morgan fingerprint density at radius 1 is 1.22 bits per heavy atom. The summed E-state index contributed by atoms with van der Waals surface area (Å²) in [6.45, 7) is 12.8. The molecule has 1 aliphatic rings. The molecule has 1 aromatic rings. The SMILES string of the molecule is CCN(CC)C(=O)NCC(C(C)C)N1CCc2ccccc2C1. The van der Waals surface area contributed by atoms with E-state index in [2.05, 4.69) is 48.3 Å². The zero-order chi connectivity index (χ0) is 16.8. The number of benzene rings is 1. The van der Waals surface area contributed by atoms with Crippen LogP contribution in [0.2, 0.25) is 0 Å². The Kier molecular flexibility index (Phi) is 6.46. The average Bonchev–Trinajstić information content (AvgIpc) is 2.55. The Hall–Kier alpha value is -1.55. The van der Waals surface area contributed by atoms with Gasteiger partial charge in [-0.2, -0.15) is 0 Å². The number of nitrogens with zero attached hydrogens (tertiary/aromatic N) is 2. The van der Waals surface area contributed by atoms with Crippen LogP contribution in [0.4, 0.5) is 4.79 Å². The van der Waals surface area contributed by atoms with Crippen LogP contribution in [0, 0.1) is 5.92 Å². The third-order valence-electron chi connectivity index (χ3n) is 4.91. The molecule has 23 heavy (non-hydrogen) atoms. The van der Waals surface area contributed by atoms with Gasteiger partial charge in [-0.05, 0) is 37.3 Å². The molecule has 1 unspecified atom stereocenters. The van der Waals surface area contributed by atoms with E-state index in [4.69, 9.17) is 0 Å². The minimum atomic E-state index is 0.0538. The standard InChI is InChI=1S/C19H31N3O/c1-5-21(6-2)19(23)20-13-18(15(3)4)22-12-11-16-9-7-8-10-17(16)14-22/h7-10,15,18H,5-6,11-14H2,1-4H3,(H,20,23). The zero-order valence-electron chi connectivity index (χ0n) is 15.0. The van der Waals surface area contributed by atoms with E-state index in [0.29, 0.717) is 12.0 Å². The van der Waals surface area contributed by atoms with Crippen molar-refractivity contribution >= 4 is 6.03 Å². The van der Waals surface area contributed by atoms with Gasteiger partial charge in [0.15, 0.2) is 0 Å². The monoisotopic (exact) mass is 317 g/mol. The zero-order valence-corrected chi connectivity index (χ0v) is 15.0. The van der Waals surface area contributed by atoms with E-state index in [1.165, 1.54) is 11.1 Å². The molecular weight excluding hydrogens is 286 g/mol. The van der Waals surface area contributed by atoms with Crippen LogP contribution in [0.3, 0.4) is 0 Å². The summed E-state index contributed by atoms with van der Waals surface area (Å²) >= 11 is 0. The Bertz CT molecular complexity index is 511. The van der Waals surface area contributed by atoms with Gasteiger partial charge < -0.3 is 10.2 Å². The van der Waals surface area contributed by atoms with Gasteiger partial charge in [0.05, 0.1) is 0 Å². The topological polar surface area (TPSA) is 35.6 Å². The second-order valence-corrected chi connectivity index (χ2v) is 6.66. The molecule has 0 aromatic heterocycles. The lowest BCUT2D eigenvalue weighted by molar-refractivity contribution is 0.134. The number of rotatable bonds is 6. The number of urea groups is 1. The smallest absolute Gasteiger partial charge is 0.317 e. The van der Waals surface area contributed by atoms with E-state index in [9.17, 15) is 4.79 Å². The molecule has 0 radical (unpaired) electrons. The average molecular weight is 317 g/mol. The van der Waals surface area contributed by atoms with Gasteiger partial charge >= 0.3 is 6.03 Å². The Balaban J connectivity index is 1.98. The van der Waals surface area contributed by atoms with E-state index in [-0.39, 0.29) is 6.03 Å². The summed E-state index contributed by atoms with van der Waals surface area (Å²) < 4.78 is 0. The molecule has 0 bridgehead atoms. The van der Waals surface area contributed by atoms with E-state index in [1.54, 1.807) is 0 Å². The van der Waals surface area contributed by atoms with Crippen molar-refractivity contribution in [1.29, 1.82) is 0 Å². The normalized spacial score (nSPS) is 16.0. The van der Waals surface area contributed by atoms with Crippen LogP contribution in [0.1, 0.15) is 38.8 Å². The maximum Gasteiger partial charge on any atom is 0.317 e. The fourth-order valence-electron chi connectivity index (χ4n) is 3.40. The number of hydrogen-bond donors (Lipinski definition) is 1. The van der Waals surface area contributed by atoms with Gasteiger partial charge in [0, 0.05) is 38.8 Å². The number of carbonyl (C=O) groups is 1. The van der Waals surface area contributed by atoms with Crippen LogP contribution < -0.4 is 5.32 Å². The molecule has 4 nitrogen and oxygen atoms in total. The lowest BCUT2D eigenvalue weighted by Crippen LogP contribution is -2.51.